The van der Waals surface area contributed by atoms with Crippen molar-refractivity contribution in [2.45, 2.75) is 24.7 Å². The molecule has 132 valence electrons. The number of nitrogens with one attached hydrogen (secondary N) is 1. The summed E-state index contributed by atoms with van der Waals surface area (Å²) >= 11 is 2.77. The number of carbonyl (C=O) groups is 2. The van der Waals surface area contributed by atoms with Crippen molar-refractivity contribution in [3.63, 3.8) is 0 Å². The molecule has 0 bridgehead atoms. The number of aromatic nitrogens is 1. The molecule has 0 spiro atoms. The Kier molecular flexibility index (Phi) is 6.06. The molecule has 1 aliphatic heterocycles. The highest BCUT2D eigenvalue weighted by atomic mass is 32.2. The number of nitrogens with zero attached hydrogens (tertiary/aromatic N) is 1. The molecule has 0 saturated carbocycles. The van der Waals surface area contributed by atoms with Crippen molar-refractivity contribution in [3.05, 3.63) is 45.9 Å². The van der Waals surface area contributed by atoms with E-state index in [2.05, 4.69) is 10.3 Å². The quantitative estimate of drug-likeness (QED) is 0.766. The minimum absolute atomic E-state index is 0.0149. The number of aliphatic carboxylic acids is 1. The van der Waals surface area contributed by atoms with Gasteiger partial charge in [-0.3, -0.25) is 9.59 Å². The summed E-state index contributed by atoms with van der Waals surface area (Å²) in [6.45, 7) is 0.748. The monoisotopic (exact) mass is 378 g/mol. The predicted molar refractivity (Wildman–Crippen MR) is 98.2 cm³/mol. The highest BCUT2D eigenvalue weighted by molar-refractivity contribution is 7.99. The average Bonchev–Trinajstić information content (AvgIpc) is 3.26. The van der Waals surface area contributed by atoms with Crippen molar-refractivity contribution in [3.8, 4) is 0 Å². The molecule has 1 aromatic heterocycles. The van der Waals surface area contributed by atoms with Gasteiger partial charge < -0.3 is 15.2 Å². The lowest BCUT2D eigenvalue weighted by Gasteiger charge is -2.06. The number of carboxylic acid groups (broad SMARTS) is 1. The Balaban J connectivity index is 1.59. The average molecular weight is 378 g/mol. The number of hydrogen-bond donors (Lipinski definition) is 2. The van der Waals surface area contributed by atoms with Gasteiger partial charge in [0, 0.05) is 23.4 Å². The van der Waals surface area contributed by atoms with E-state index in [9.17, 15) is 9.59 Å². The van der Waals surface area contributed by atoms with Gasteiger partial charge in [-0.25, -0.2) is 4.98 Å². The summed E-state index contributed by atoms with van der Waals surface area (Å²) in [4.78, 5) is 27.3. The summed E-state index contributed by atoms with van der Waals surface area (Å²) < 4.78 is 5.59. The third-order valence-corrected chi connectivity index (χ3v) is 5.56. The number of rotatable bonds is 7. The van der Waals surface area contributed by atoms with E-state index in [1.165, 1.54) is 23.1 Å². The van der Waals surface area contributed by atoms with E-state index in [1.807, 2.05) is 18.2 Å². The van der Waals surface area contributed by atoms with E-state index < -0.39 is 5.97 Å². The Hall–Kier alpha value is -1.90. The summed E-state index contributed by atoms with van der Waals surface area (Å²) in [6, 6.07) is 7.39. The topological polar surface area (TPSA) is 88.5 Å². The standard InChI is InChI=1S/C17H18N2O4S2/c20-15(21)10-24-8-11-3-1-4-12(7-11)18-16(22)13-9-25-17(19-13)14-5-2-6-23-14/h1,3-4,7,9,14H,2,5-6,8,10H2,(H,18,22)(H,20,21). The largest absolute Gasteiger partial charge is 0.481 e. The van der Waals surface area contributed by atoms with Crippen molar-refractivity contribution in [1.82, 2.24) is 4.98 Å². The Labute approximate surface area is 153 Å². The molecule has 0 radical (unpaired) electrons. The SMILES string of the molecule is O=C(O)CSCc1cccc(NC(=O)c2csc(C3CCCO3)n2)c1. The van der Waals surface area contributed by atoms with Crippen LogP contribution in [0.3, 0.4) is 0 Å². The van der Waals surface area contributed by atoms with E-state index in [0.717, 1.165) is 30.0 Å². The van der Waals surface area contributed by atoms with E-state index in [-0.39, 0.29) is 17.8 Å². The predicted octanol–water partition coefficient (Wildman–Crippen LogP) is 3.56. The van der Waals surface area contributed by atoms with E-state index in [1.54, 1.807) is 11.4 Å². The van der Waals surface area contributed by atoms with Crippen molar-refractivity contribution >= 4 is 40.7 Å². The van der Waals surface area contributed by atoms with Crippen LogP contribution in [-0.4, -0.2) is 34.3 Å². The Morgan fingerprint density at radius 2 is 2.32 bits per heavy atom. The Morgan fingerprint density at radius 1 is 1.44 bits per heavy atom. The molecule has 1 saturated heterocycles. The number of thiazole rings is 1. The van der Waals surface area contributed by atoms with Gasteiger partial charge in [-0.1, -0.05) is 12.1 Å². The van der Waals surface area contributed by atoms with Gasteiger partial charge in [0.2, 0.25) is 0 Å². The third kappa shape index (κ3) is 5.04. The molecule has 2 aromatic rings. The first-order valence-corrected chi connectivity index (χ1v) is 9.92. The summed E-state index contributed by atoms with van der Waals surface area (Å²) in [5, 5.41) is 14.1. The molecule has 1 aromatic carbocycles. The van der Waals surface area contributed by atoms with Gasteiger partial charge in [0.15, 0.2) is 0 Å². The molecular formula is C17H18N2O4S2. The zero-order chi connectivity index (χ0) is 17.6. The van der Waals surface area contributed by atoms with Crippen LogP contribution in [0.25, 0.3) is 0 Å². The second-order valence-corrected chi connectivity index (χ2v) is 7.49. The molecule has 25 heavy (non-hydrogen) atoms. The minimum Gasteiger partial charge on any atom is -0.481 e. The van der Waals surface area contributed by atoms with E-state index >= 15 is 0 Å². The maximum atomic E-state index is 12.4. The molecule has 3 rings (SSSR count). The summed E-state index contributed by atoms with van der Waals surface area (Å²) in [5.41, 5.74) is 2.02. The number of thioether (sulfide) groups is 1. The number of amides is 1. The van der Waals surface area contributed by atoms with Gasteiger partial charge in [-0.2, -0.15) is 0 Å². The van der Waals surface area contributed by atoms with Crippen LogP contribution in [0.5, 0.6) is 0 Å². The molecule has 6 nitrogen and oxygen atoms in total. The lowest BCUT2D eigenvalue weighted by atomic mass is 10.2. The molecule has 2 heterocycles. The second-order valence-electron chi connectivity index (χ2n) is 5.61. The van der Waals surface area contributed by atoms with Gasteiger partial charge in [-0.15, -0.1) is 23.1 Å². The lowest BCUT2D eigenvalue weighted by Crippen LogP contribution is -2.12. The zero-order valence-corrected chi connectivity index (χ0v) is 15.1. The van der Waals surface area contributed by atoms with E-state index in [0.29, 0.717) is 17.1 Å². The summed E-state index contributed by atoms with van der Waals surface area (Å²) in [5.74, 6) is -0.451. The van der Waals surface area contributed by atoms with Gasteiger partial charge >= 0.3 is 5.97 Å². The first-order chi connectivity index (χ1) is 12.1. The molecule has 1 amide bonds. The smallest absolute Gasteiger partial charge is 0.313 e. The number of anilines is 1. The highest BCUT2D eigenvalue weighted by Crippen LogP contribution is 2.30. The zero-order valence-electron chi connectivity index (χ0n) is 13.4. The summed E-state index contributed by atoms with van der Waals surface area (Å²) in [6.07, 6.45) is 1.99. The fourth-order valence-corrected chi connectivity index (χ4v) is 4.08. The Morgan fingerprint density at radius 3 is 3.08 bits per heavy atom. The Bertz CT molecular complexity index is 757. The van der Waals surface area contributed by atoms with Crippen LogP contribution in [-0.2, 0) is 15.3 Å². The second kappa shape index (κ2) is 8.46. The van der Waals surface area contributed by atoms with Crippen LogP contribution < -0.4 is 5.32 Å². The molecule has 8 heteroatoms. The van der Waals surface area contributed by atoms with Crippen LogP contribution in [0, 0.1) is 0 Å². The molecule has 1 aliphatic rings. The number of benzene rings is 1. The number of hydrogen-bond acceptors (Lipinski definition) is 6. The molecule has 1 fully saturated rings. The van der Waals surface area contributed by atoms with Crippen LogP contribution in [0.2, 0.25) is 0 Å². The molecule has 1 atom stereocenters. The van der Waals surface area contributed by atoms with Crippen molar-refractivity contribution in [1.29, 1.82) is 0 Å². The molecule has 1 unspecified atom stereocenters. The summed E-state index contributed by atoms with van der Waals surface area (Å²) in [7, 11) is 0. The van der Waals surface area contributed by atoms with Gasteiger partial charge in [-0.05, 0) is 30.5 Å². The van der Waals surface area contributed by atoms with Gasteiger partial charge in [0.05, 0.1) is 5.75 Å². The van der Waals surface area contributed by atoms with Crippen molar-refractivity contribution in [2.75, 3.05) is 17.7 Å². The first-order valence-electron chi connectivity index (χ1n) is 7.88. The van der Waals surface area contributed by atoms with Gasteiger partial charge in [0.25, 0.3) is 5.91 Å². The van der Waals surface area contributed by atoms with E-state index in [4.69, 9.17) is 9.84 Å². The fraction of sp³-hybridized carbons (Fsp3) is 0.353. The molecule has 0 aliphatic carbocycles. The maximum absolute atomic E-state index is 12.4. The highest BCUT2D eigenvalue weighted by Gasteiger charge is 2.22. The molecule has 2 N–H and O–H groups in total. The van der Waals surface area contributed by atoms with Gasteiger partial charge in [0.1, 0.15) is 16.8 Å². The van der Waals surface area contributed by atoms with Crippen LogP contribution >= 0.6 is 23.1 Å². The maximum Gasteiger partial charge on any atom is 0.313 e. The van der Waals surface area contributed by atoms with Crippen LogP contribution in [0.4, 0.5) is 5.69 Å². The third-order valence-electron chi connectivity index (χ3n) is 3.64. The van der Waals surface area contributed by atoms with Crippen molar-refractivity contribution < 1.29 is 19.4 Å². The lowest BCUT2D eigenvalue weighted by molar-refractivity contribution is -0.133. The normalized spacial score (nSPS) is 16.7. The number of carboxylic acids is 1. The van der Waals surface area contributed by atoms with Crippen LogP contribution in [0.1, 0.15) is 40.0 Å². The molecular weight excluding hydrogens is 360 g/mol. The van der Waals surface area contributed by atoms with Crippen molar-refractivity contribution in [2.24, 2.45) is 0 Å². The number of ether oxygens (including phenoxy) is 1. The minimum atomic E-state index is -0.833. The first kappa shape index (κ1) is 17.9. The number of carbonyl (C=O) groups excluding carboxylic acids is 1. The fourth-order valence-electron chi connectivity index (χ4n) is 2.50. The van der Waals surface area contributed by atoms with Crippen LogP contribution in [0.15, 0.2) is 29.6 Å².